The van der Waals surface area contributed by atoms with Crippen LogP contribution in [0.15, 0.2) is 53.8 Å². The Bertz CT molecular complexity index is 1210. The van der Waals surface area contributed by atoms with Gasteiger partial charge in [0, 0.05) is 38.0 Å². The number of nitrogens with zero attached hydrogens (tertiary/aromatic N) is 6. The molecule has 0 fully saturated rings. The highest BCUT2D eigenvalue weighted by Crippen LogP contribution is 2.31. The van der Waals surface area contributed by atoms with Gasteiger partial charge in [-0.05, 0) is 37.1 Å². The van der Waals surface area contributed by atoms with Gasteiger partial charge in [0.15, 0.2) is 5.82 Å². The van der Waals surface area contributed by atoms with Crippen LogP contribution in [0.4, 0.5) is 5.82 Å². The van der Waals surface area contributed by atoms with E-state index in [1.54, 1.807) is 44.5 Å². The highest BCUT2D eigenvalue weighted by atomic mass is 16.5. The summed E-state index contributed by atoms with van der Waals surface area (Å²) < 4.78 is 6.13. The van der Waals surface area contributed by atoms with Gasteiger partial charge in [-0.25, -0.2) is 15.0 Å². The third-order valence-electron chi connectivity index (χ3n) is 5.52. The second-order valence-electron chi connectivity index (χ2n) is 8.37. The van der Waals surface area contributed by atoms with Crippen LogP contribution >= 0.6 is 0 Å². The van der Waals surface area contributed by atoms with Crippen molar-refractivity contribution >= 4 is 17.6 Å². The number of carbonyl (C=O) groups excluding carboxylic acids is 1. The molecule has 3 heterocycles. The standard InChI is InChI=1S/C25H29N7O2/c1-5-6-8-18-9-7-10-19(28-18)23-30-32(4)25(34-23)21-22(26)27-15-20(29-21)16-11-13-17(14-12-16)24(33)31(2)3/h7,9-15,25H,5-6,8H2,1-4H3,(H2,26,27). The fourth-order valence-corrected chi connectivity index (χ4v) is 3.62. The Morgan fingerprint density at radius 2 is 1.88 bits per heavy atom. The van der Waals surface area contributed by atoms with Crippen molar-refractivity contribution in [2.45, 2.75) is 32.4 Å². The highest BCUT2D eigenvalue weighted by Gasteiger charge is 2.32. The van der Waals surface area contributed by atoms with Crippen molar-refractivity contribution in [3.63, 3.8) is 0 Å². The Kier molecular flexibility index (Phi) is 6.72. The predicted octanol–water partition coefficient (Wildman–Crippen LogP) is 3.49. The first-order valence-corrected chi connectivity index (χ1v) is 11.3. The maximum Gasteiger partial charge on any atom is 0.259 e. The van der Waals surface area contributed by atoms with Crippen LogP contribution in [0.25, 0.3) is 11.3 Å². The van der Waals surface area contributed by atoms with Crippen LogP contribution in [0.1, 0.15) is 53.4 Å². The first kappa shape index (κ1) is 23.2. The predicted molar refractivity (Wildman–Crippen MR) is 131 cm³/mol. The maximum atomic E-state index is 12.2. The molecular weight excluding hydrogens is 430 g/mol. The zero-order valence-electron chi connectivity index (χ0n) is 19.9. The second-order valence-corrected chi connectivity index (χ2v) is 8.37. The molecule has 2 aromatic heterocycles. The smallest absolute Gasteiger partial charge is 0.259 e. The van der Waals surface area contributed by atoms with E-state index in [1.807, 2.05) is 30.3 Å². The number of ether oxygens (including phenoxy) is 1. The van der Waals surface area contributed by atoms with Crippen LogP contribution in [0.3, 0.4) is 0 Å². The molecule has 1 atom stereocenters. The van der Waals surface area contributed by atoms with Crippen molar-refractivity contribution in [3.8, 4) is 11.3 Å². The lowest BCUT2D eigenvalue weighted by atomic mass is 10.1. The number of hydrogen-bond donors (Lipinski definition) is 1. The van der Waals surface area contributed by atoms with E-state index >= 15 is 0 Å². The lowest BCUT2D eigenvalue weighted by molar-refractivity contribution is 0.0743. The molecular formula is C25H29N7O2. The number of nitrogens with two attached hydrogens (primary N) is 1. The molecule has 1 aliphatic heterocycles. The van der Waals surface area contributed by atoms with Gasteiger partial charge in [-0.15, -0.1) is 5.10 Å². The van der Waals surface area contributed by atoms with Crippen LogP contribution in [-0.2, 0) is 11.2 Å². The Morgan fingerprint density at radius 1 is 1.12 bits per heavy atom. The van der Waals surface area contributed by atoms with Gasteiger partial charge in [-0.2, -0.15) is 0 Å². The minimum Gasteiger partial charge on any atom is -0.443 e. The van der Waals surface area contributed by atoms with Crippen molar-refractivity contribution in [2.24, 2.45) is 5.10 Å². The summed E-state index contributed by atoms with van der Waals surface area (Å²) in [6.45, 7) is 2.16. The van der Waals surface area contributed by atoms with Crippen molar-refractivity contribution in [2.75, 3.05) is 26.9 Å². The van der Waals surface area contributed by atoms with Gasteiger partial charge in [0.1, 0.15) is 11.4 Å². The fraction of sp³-hybridized carbons (Fsp3) is 0.320. The third kappa shape index (κ3) is 4.83. The number of benzene rings is 1. The number of hydrazone groups is 1. The van der Waals surface area contributed by atoms with E-state index in [-0.39, 0.29) is 11.7 Å². The summed E-state index contributed by atoms with van der Waals surface area (Å²) in [4.78, 5) is 27.5. The van der Waals surface area contributed by atoms with Crippen LogP contribution < -0.4 is 5.73 Å². The molecule has 0 saturated heterocycles. The number of amides is 1. The van der Waals surface area contributed by atoms with Gasteiger partial charge >= 0.3 is 0 Å². The third-order valence-corrected chi connectivity index (χ3v) is 5.52. The molecule has 3 aromatic rings. The molecule has 176 valence electrons. The van der Waals surface area contributed by atoms with Crippen LogP contribution in [-0.4, -0.2) is 57.8 Å². The lowest BCUT2D eigenvalue weighted by Gasteiger charge is -2.19. The Labute approximate surface area is 199 Å². The van der Waals surface area contributed by atoms with E-state index in [1.165, 1.54) is 4.90 Å². The average Bonchev–Trinajstić information content (AvgIpc) is 3.24. The number of pyridine rings is 1. The normalized spacial score (nSPS) is 15.1. The minimum atomic E-state index is -0.627. The van der Waals surface area contributed by atoms with Crippen LogP contribution in [0, 0.1) is 0 Å². The van der Waals surface area contributed by atoms with Crippen LogP contribution in [0.5, 0.6) is 0 Å². The lowest BCUT2D eigenvalue weighted by Crippen LogP contribution is -2.21. The summed E-state index contributed by atoms with van der Waals surface area (Å²) in [5.41, 5.74) is 10.4. The number of unbranched alkanes of at least 4 members (excludes halogenated alkanes) is 1. The molecule has 1 aromatic carbocycles. The van der Waals surface area contributed by atoms with Crippen molar-refractivity contribution in [1.29, 1.82) is 0 Å². The molecule has 4 rings (SSSR count). The van der Waals surface area contributed by atoms with Crippen LogP contribution in [0.2, 0.25) is 0 Å². The Hall–Kier alpha value is -4.01. The number of anilines is 1. The minimum absolute atomic E-state index is 0.0614. The number of nitrogen functional groups attached to an aromatic ring is 1. The van der Waals surface area contributed by atoms with Gasteiger partial charge in [0.05, 0.1) is 11.9 Å². The second kappa shape index (κ2) is 9.86. The Morgan fingerprint density at radius 3 is 2.59 bits per heavy atom. The van der Waals surface area contributed by atoms with Crippen molar-refractivity contribution in [1.82, 2.24) is 24.9 Å². The number of rotatable bonds is 7. The maximum absolute atomic E-state index is 12.2. The molecule has 1 aliphatic rings. The summed E-state index contributed by atoms with van der Waals surface area (Å²) in [6, 6.07) is 13.1. The number of hydrogen-bond acceptors (Lipinski definition) is 8. The van der Waals surface area contributed by atoms with Gasteiger partial charge in [0.2, 0.25) is 6.23 Å². The number of aryl methyl sites for hydroxylation is 1. The molecule has 0 bridgehead atoms. The zero-order valence-corrected chi connectivity index (χ0v) is 19.9. The van der Waals surface area contributed by atoms with E-state index < -0.39 is 6.23 Å². The topological polar surface area (TPSA) is 110 Å². The largest absolute Gasteiger partial charge is 0.443 e. The molecule has 0 spiro atoms. The van der Waals surface area contributed by atoms with E-state index in [0.717, 1.165) is 30.5 Å². The monoisotopic (exact) mass is 459 g/mol. The zero-order chi connectivity index (χ0) is 24.2. The molecule has 34 heavy (non-hydrogen) atoms. The first-order chi connectivity index (χ1) is 16.4. The van der Waals surface area contributed by atoms with Gasteiger partial charge in [-0.3, -0.25) is 9.80 Å². The van der Waals surface area contributed by atoms with Gasteiger partial charge < -0.3 is 15.4 Å². The molecule has 1 amide bonds. The fourth-order valence-electron chi connectivity index (χ4n) is 3.62. The van der Waals surface area contributed by atoms with Gasteiger partial charge in [0.25, 0.3) is 11.8 Å². The quantitative estimate of drug-likeness (QED) is 0.576. The summed E-state index contributed by atoms with van der Waals surface area (Å²) in [5, 5.41) is 6.19. The summed E-state index contributed by atoms with van der Waals surface area (Å²) in [5.74, 6) is 0.624. The number of aromatic nitrogens is 3. The van der Waals surface area contributed by atoms with E-state index in [4.69, 9.17) is 20.4 Å². The van der Waals surface area contributed by atoms with Crippen molar-refractivity contribution in [3.05, 3.63) is 71.3 Å². The van der Waals surface area contributed by atoms with E-state index in [2.05, 4.69) is 17.0 Å². The molecule has 0 saturated carbocycles. The molecule has 2 N–H and O–H groups in total. The van der Waals surface area contributed by atoms with Gasteiger partial charge in [-0.1, -0.05) is 31.5 Å². The highest BCUT2D eigenvalue weighted by molar-refractivity contribution is 5.94. The van der Waals surface area contributed by atoms with E-state index in [9.17, 15) is 4.79 Å². The molecule has 9 nitrogen and oxygen atoms in total. The Balaban J connectivity index is 1.56. The summed E-state index contributed by atoms with van der Waals surface area (Å²) >= 11 is 0. The molecule has 0 radical (unpaired) electrons. The summed E-state index contributed by atoms with van der Waals surface area (Å²) in [7, 11) is 5.24. The number of carbonyl (C=O) groups is 1. The average molecular weight is 460 g/mol. The first-order valence-electron chi connectivity index (χ1n) is 11.3. The molecule has 9 heteroatoms. The summed E-state index contributed by atoms with van der Waals surface area (Å²) in [6.07, 6.45) is 4.08. The molecule has 1 unspecified atom stereocenters. The SMILES string of the molecule is CCCCc1cccc(C2=NN(C)C(c3nc(-c4ccc(C(=O)N(C)C)cc4)cnc3N)O2)n1. The molecule has 0 aliphatic carbocycles. The van der Waals surface area contributed by atoms with E-state index in [0.29, 0.717) is 28.5 Å². The van der Waals surface area contributed by atoms with Crippen molar-refractivity contribution < 1.29 is 9.53 Å².